The first-order chi connectivity index (χ1) is 8.63. The molecule has 0 aliphatic carbocycles. The van der Waals surface area contributed by atoms with Gasteiger partial charge in [-0.1, -0.05) is 34.6 Å². The predicted molar refractivity (Wildman–Crippen MR) is 81.0 cm³/mol. The Morgan fingerprint density at radius 2 is 1.56 bits per heavy atom. The molecule has 0 amide bonds. The maximum atomic E-state index is 2.65. The van der Waals surface area contributed by atoms with Crippen molar-refractivity contribution in [3.05, 3.63) is 0 Å². The maximum Gasteiger partial charge on any atom is 0.00515 e. The van der Waals surface area contributed by atoms with E-state index in [9.17, 15) is 0 Å². The lowest BCUT2D eigenvalue weighted by Gasteiger charge is -2.54. The summed E-state index contributed by atoms with van der Waals surface area (Å²) in [5.74, 6) is 0.831. The number of hydrogen-bond donors (Lipinski definition) is 0. The zero-order chi connectivity index (χ0) is 13.6. The van der Waals surface area contributed by atoms with Crippen LogP contribution in [-0.4, -0.2) is 49.1 Å². The summed E-state index contributed by atoms with van der Waals surface area (Å²) in [6.45, 7) is 19.0. The molecule has 0 radical (unpaired) electrons. The highest BCUT2D eigenvalue weighted by molar-refractivity contribution is 4.98. The van der Waals surface area contributed by atoms with Crippen LogP contribution in [0.4, 0.5) is 0 Å². The zero-order valence-corrected chi connectivity index (χ0v) is 13.3. The molecule has 0 atom stereocenters. The van der Waals surface area contributed by atoms with Crippen LogP contribution >= 0.6 is 0 Å². The fraction of sp³-hybridized carbons (Fsp3) is 1.00. The SMILES string of the molecule is CC.CCCN1CCC2(CC1)CN(CC(C)C)C2. The fourth-order valence-corrected chi connectivity index (χ4v) is 3.43. The van der Waals surface area contributed by atoms with Crippen molar-refractivity contribution in [2.45, 2.75) is 53.9 Å². The minimum absolute atomic E-state index is 0.721. The highest BCUT2D eigenvalue weighted by Crippen LogP contribution is 2.40. The van der Waals surface area contributed by atoms with E-state index >= 15 is 0 Å². The monoisotopic (exact) mass is 254 g/mol. The van der Waals surface area contributed by atoms with Crippen molar-refractivity contribution in [2.75, 3.05) is 39.3 Å². The van der Waals surface area contributed by atoms with Crippen LogP contribution in [0.5, 0.6) is 0 Å². The molecule has 18 heavy (non-hydrogen) atoms. The molecular formula is C16H34N2. The Bertz CT molecular complexity index is 209. The molecule has 2 saturated heterocycles. The summed E-state index contributed by atoms with van der Waals surface area (Å²) in [5.41, 5.74) is 0.721. The van der Waals surface area contributed by atoms with Crippen LogP contribution in [0.3, 0.4) is 0 Å². The molecule has 0 saturated carbocycles. The predicted octanol–water partition coefficient (Wildman–Crippen LogP) is 3.48. The third-order valence-corrected chi connectivity index (χ3v) is 4.20. The van der Waals surface area contributed by atoms with Crippen LogP contribution in [0, 0.1) is 11.3 Å². The molecule has 0 bridgehead atoms. The van der Waals surface area contributed by atoms with Gasteiger partial charge in [-0.05, 0) is 50.2 Å². The van der Waals surface area contributed by atoms with Crippen LogP contribution in [0.2, 0.25) is 0 Å². The molecule has 0 aromatic carbocycles. The second kappa shape index (κ2) is 7.49. The molecule has 0 aromatic rings. The first kappa shape index (κ1) is 16.0. The Labute approximate surface area is 115 Å². The van der Waals surface area contributed by atoms with Crippen molar-refractivity contribution in [3.8, 4) is 0 Å². The Balaban J connectivity index is 0.000000771. The van der Waals surface area contributed by atoms with Crippen LogP contribution in [0.15, 0.2) is 0 Å². The molecule has 1 spiro atoms. The molecule has 2 nitrogen and oxygen atoms in total. The van der Waals surface area contributed by atoms with Gasteiger partial charge in [0.25, 0.3) is 0 Å². The summed E-state index contributed by atoms with van der Waals surface area (Å²) in [7, 11) is 0. The molecule has 0 N–H and O–H groups in total. The topological polar surface area (TPSA) is 6.48 Å². The van der Waals surface area contributed by atoms with Crippen molar-refractivity contribution in [1.29, 1.82) is 0 Å². The number of piperidine rings is 1. The summed E-state index contributed by atoms with van der Waals surface area (Å²) >= 11 is 0. The van der Waals surface area contributed by atoms with E-state index in [0.717, 1.165) is 11.3 Å². The summed E-state index contributed by atoms with van der Waals surface area (Å²) in [4.78, 5) is 5.30. The number of rotatable bonds is 4. The second-order valence-electron chi connectivity index (χ2n) is 6.41. The van der Waals surface area contributed by atoms with Gasteiger partial charge in [-0.3, -0.25) is 0 Å². The van der Waals surface area contributed by atoms with E-state index in [-0.39, 0.29) is 0 Å². The smallest absolute Gasteiger partial charge is 0.00515 e. The van der Waals surface area contributed by atoms with Gasteiger partial charge in [-0.2, -0.15) is 0 Å². The molecular weight excluding hydrogens is 220 g/mol. The van der Waals surface area contributed by atoms with Crippen LogP contribution in [0.1, 0.15) is 53.9 Å². The number of nitrogens with zero attached hydrogens (tertiary/aromatic N) is 2. The van der Waals surface area contributed by atoms with Crippen molar-refractivity contribution < 1.29 is 0 Å². The molecule has 0 aromatic heterocycles. The van der Waals surface area contributed by atoms with E-state index in [1.54, 1.807) is 0 Å². The Hall–Kier alpha value is -0.0800. The number of hydrogen-bond acceptors (Lipinski definition) is 2. The van der Waals surface area contributed by atoms with E-state index in [2.05, 4.69) is 30.6 Å². The molecule has 2 fully saturated rings. The van der Waals surface area contributed by atoms with Crippen molar-refractivity contribution in [1.82, 2.24) is 9.80 Å². The van der Waals surface area contributed by atoms with Crippen LogP contribution in [0.25, 0.3) is 0 Å². The first-order valence-corrected chi connectivity index (χ1v) is 8.08. The van der Waals surface area contributed by atoms with Gasteiger partial charge < -0.3 is 9.80 Å². The summed E-state index contributed by atoms with van der Waals surface area (Å²) < 4.78 is 0. The lowest BCUT2D eigenvalue weighted by atomic mass is 9.71. The van der Waals surface area contributed by atoms with E-state index in [1.807, 2.05) is 13.8 Å². The fourth-order valence-electron chi connectivity index (χ4n) is 3.43. The third kappa shape index (κ3) is 4.24. The van der Waals surface area contributed by atoms with E-state index in [0.29, 0.717) is 0 Å². The lowest BCUT2D eigenvalue weighted by Crippen LogP contribution is -2.60. The van der Waals surface area contributed by atoms with E-state index < -0.39 is 0 Å². The Morgan fingerprint density at radius 1 is 1.00 bits per heavy atom. The standard InChI is InChI=1S/C14H28N2.C2H6/c1-4-7-15-8-5-14(6-9-15)11-16(12-14)10-13(2)3;1-2/h13H,4-12H2,1-3H3;1-2H3. The molecule has 2 aliphatic heterocycles. The lowest BCUT2D eigenvalue weighted by molar-refractivity contribution is -0.0511. The van der Waals surface area contributed by atoms with Gasteiger partial charge in [0, 0.05) is 19.6 Å². The van der Waals surface area contributed by atoms with Gasteiger partial charge in [0.05, 0.1) is 0 Å². The normalized spacial score (nSPS) is 23.7. The number of likely N-dealkylation sites (tertiary alicyclic amines) is 2. The third-order valence-electron chi connectivity index (χ3n) is 4.20. The molecule has 2 rings (SSSR count). The van der Waals surface area contributed by atoms with Gasteiger partial charge in [-0.15, -0.1) is 0 Å². The Kier molecular flexibility index (Phi) is 6.65. The quantitative estimate of drug-likeness (QED) is 0.758. The highest BCUT2D eigenvalue weighted by atomic mass is 15.2. The van der Waals surface area contributed by atoms with Crippen molar-refractivity contribution >= 4 is 0 Å². The summed E-state index contributed by atoms with van der Waals surface area (Å²) in [5, 5.41) is 0. The average molecular weight is 254 g/mol. The molecule has 2 heterocycles. The van der Waals surface area contributed by atoms with Crippen molar-refractivity contribution in [2.24, 2.45) is 11.3 Å². The van der Waals surface area contributed by atoms with Crippen LogP contribution < -0.4 is 0 Å². The summed E-state index contributed by atoms with van der Waals surface area (Å²) in [6.07, 6.45) is 4.20. The van der Waals surface area contributed by atoms with Gasteiger partial charge in [-0.25, -0.2) is 0 Å². The van der Waals surface area contributed by atoms with Gasteiger partial charge >= 0.3 is 0 Å². The molecule has 2 heteroatoms. The maximum absolute atomic E-state index is 2.65. The minimum Gasteiger partial charge on any atom is -0.303 e. The van der Waals surface area contributed by atoms with Gasteiger partial charge in [0.2, 0.25) is 0 Å². The zero-order valence-electron chi connectivity index (χ0n) is 13.3. The van der Waals surface area contributed by atoms with Crippen molar-refractivity contribution in [3.63, 3.8) is 0 Å². The van der Waals surface area contributed by atoms with Crippen LogP contribution in [-0.2, 0) is 0 Å². The van der Waals surface area contributed by atoms with E-state index in [1.165, 1.54) is 58.5 Å². The van der Waals surface area contributed by atoms with Gasteiger partial charge in [0.15, 0.2) is 0 Å². The second-order valence-corrected chi connectivity index (χ2v) is 6.41. The van der Waals surface area contributed by atoms with Gasteiger partial charge in [0.1, 0.15) is 0 Å². The average Bonchev–Trinajstić information content (AvgIpc) is 2.32. The Morgan fingerprint density at radius 3 is 2.00 bits per heavy atom. The minimum atomic E-state index is 0.721. The largest absolute Gasteiger partial charge is 0.303 e. The molecule has 0 unspecified atom stereocenters. The molecule has 2 aliphatic rings. The highest BCUT2D eigenvalue weighted by Gasteiger charge is 2.44. The molecule has 108 valence electrons. The summed E-state index contributed by atoms with van der Waals surface area (Å²) in [6, 6.07) is 0. The first-order valence-electron chi connectivity index (χ1n) is 8.08. The van der Waals surface area contributed by atoms with E-state index in [4.69, 9.17) is 0 Å².